The van der Waals surface area contributed by atoms with Gasteiger partial charge in [0.2, 0.25) is 0 Å². The van der Waals surface area contributed by atoms with Gasteiger partial charge in [0, 0.05) is 31.6 Å². The molecule has 1 aromatic heterocycles. The quantitative estimate of drug-likeness (QED) is 0.861. The average molecular weight is 380 g/mol. The van der Waals surface area contributed by atoms with Crippen LogP contribution in [0.1, 0.15) is 48.5 Å². The van der Waals surface area contributed by atoms with Gasteiger partial charge in [-0.1, -0.05) is 30.3 Å². The fourth-order valence-corrected chi connectivity index (χ4v) is 5.29. The zero-order valence-corrected chi connectivity index (χ0v) is 16.4. The number of likely N-dealkylation sites (tertiary alicyclic amines) is 2. The molecule has 6 nitrogen and oxygen atoms in total. The molecule has 148 valence electrons. The first-order chi connectivity index (χ1) is 13.7. The minimum absolute atomic E-state index is 0.0773. The lowest BCUT2D eigenvalue weighted by molar-refractivity contribution is 0.192. The molecule has 2 unspecified atom stereocenters. The first-order valence-electron chi connectivity index (χ1n) is 10.5. The van der Waals surface area contributed by atoms with Gasteiger partial charge in [-0.25, -0.2) is 4.79 Å². The van der Waals surface area contributed by atoms with Crippen molar-refractivity contribution in [1.82, 2.24) is 25.3 Å². The van der Waals surface area contributed by atoms with Crippen LogP contribution in [0.3, 0.4) is 0 Å². The molecular formula is C22H29N5O. The minimum Gasteiger partial charge on any atom is -0.330 e. The predicted octanol–water partition coefficient (Wildman–Crippen LogP) is 3.09. The van der Waals surface area contributed by atoms with E-state index >= 15 is 0 Å². The summed E-state index contributed by atoms with van der Waals surface area (Å²) < 4.78 is 0. The number of carbonyl (C=O) groups excluding carboxylic acids is 1. The van der Waals surface area contributed by atoms with E-state index in [1.165, 1.54) is 17.5 Å². The molecular weight excluding hydrogens is 350 g/mol. The highest BCUT2D eigenvalue weighted by Crippen LogP contribution is 2.40. The van der Waals surface area contributed by atoms with Crippen LogP contribution in [0.15, 0.2) is 36.5 Å². The standard InChI is InChI=1S/C22H29N5O/c28-21(24-19-8-4-7-18-13-23-25-20(18)19)27-12-10-22(16-27)9-11-26(15-22)14-17-5-2-1-3-6-17/h1-3,5-6,13,19H,4,7-12,14-16H2,(H,23,25)(H,24,28). The van der Waals surface area contributed by atoms with E-state index in [2.05, 4.69) is 50.7 Å². The van der Waals surface area contributed by atoms with Crippen molar-refractivity contribution in [2.75, 3.05) is 26.2 Å². The van der Waals surface area contributed by atoms with E-state index < -0.39 is 0 Å². The Morgan fingerprint density at radius 1 is 1.21 bits per heavy atom. The summed E-state index contributed by atoms with van der Waals surface area (Å²) in [4.78, 5) is 17.5. The largest absolute Gasteiger partial charge is 0.330 e. The van der Waals surface area contributed by atoms with Gasteiger partial charge < -0.3 is 10.2 Å². The van der Waals surface area contributed by atoms with Crippen LogP contribution < -0.4 is 5.32 Å². The van der Waals surface area contributed by atoms with Gasteiger partial charge in [-0.05, 0) is 49.8 Å². The second kappa shape index (κ2) is 7.24. The number of H-pyrrole nitrogens is 1. The summed E-state index contributed by atoms with van der Waals surface area (Å²) in [5.41, 5.74) is 4.00. The topological polar surface area (TPSA) is 64.3 Å². The average Bonchev–Trinajstić information content (AvgIpc) is 3.44. The highest BCUT2D eigenvalue weighted by atomic mass is 16.2. The summed E-state index contributed by atoms with van der Waals surface area (Å²) in [6, 6.07) is 10.9. The van der Waals surface area contributed by atoms with Crippen LogP contribution in [0, 0.1) is 5.41 Å². The Bertz CT molecular complexity index is 834. The molecule has 2 aromatic rings. The number of nitrogens with one attached hydrogen (secondary N) is 2. The van der Waals surface area contributed by atoms with Gasteiger partial charge in [0.15, 0.2) is 0 Å². The van der Waals surface area contributed by atoms with E-state index in [0.29, 0.717) is 0 Å². The van der Waals surface area contributed by atoms with Gasteiger partial charge in [-0.3, -0.25) is 10.00 Å². The third-order valence-corrected chi connectivity index (χ3v) is 6.83. The Hall–Kier alpha value is -2.34. The molecule has 2 saturated heterocycles. The normalized spacial score (nSPS) is 27.3. The summed E-state index contributed by atoms with van der Waals surface area (Å²) in [6.45, 7) is 4.99. The van der Waals surface area contributed by atoms with Crippen LogP contribution in [-0.2, 0) is 13.0 Å². The van der Waals surface area contributed by atoms with Crippen molar-refractivity contribution in [3.8, 4) is 0 Å². The number of amides is 2. The molecule has 6 heteroatoms. The smallest absolute Gasteiger partial charge is 0.317 e. The lowest BCUT2D eigenvalue weighted by atomic mass is 9.86. The van der Waals surface area contributed by atoms with E-state index in [9.17, 15) is 4.79 Å². The lowest BCUT2D eigenvalue weighted by Crippen LogP contribution is -2.42. The summed E-state index contributed by atoms with van der Waals surface area (Å²) >= 11 is 0. The number of fused-ring (bicyclic) bond motifs is 1. The molecule has 0 radical (unpaired) electrons. The zero-order chi connectivity index (χ0) is 19.0. The molecule has 28 heavy (non-hydrogen) atoms. The molecule has 1 aromatic carbocycles. The number of benzene rings is 1. The van der Waals surface area contributed by atoms with Crippen LogP contribution in [0.25, 0.3) is 0 Å². The van der Waals surface area contributed by atoms with Crippen molar-refractivity contribution in [2.24, 2.45) is 5.41 Å². The molecule has 1 aliphatic carbocycles. The predicted molar refractivity (Wildman–Crippen MR) is 108 cm³/mol. The van der Waals surface area contributed by atoms with E-state index in [4.69, 9.17) is 0 Å². The summed E-state index contributed by atoms with van der Waals surface area (Å²) in [5, 5.41) is 10.5. The van der Waals surface area contributed by atoms with Crippen molar-refractivity contribution in [2.45, 2.75) is 44.7 Å². The van der Waals surface area contributed by atoms with Gasteiger partial charge in [0.1, 0.15) is 0 Å². The van der Waals surface area contributed by atoms with E-state index in [1.54, 1.807) is 0 Å². The number of rotatable bonds is 3. The van der Waals surface area contributed by atoms with Crippen molar-refractivity contribution < 1.29 is 4.79 Å². The van der Waals surface area contributed by atoms with E-state index in [-0.39, 0.29) is 17.5 Å². The number of hydrogen-bond acceptors (Lipinski definition) is 3. The number of urea groups is 1. The number of carbonyl (C=O) groups is 1. The highest BCUT2D eigenvalue weighted by molar-refractivity contribution is 5.75. The zero-order valence-electron chi connectivity index (χ0n) is 16.4. The van der Waals surface area contributed by atoms with Crippen LogP contribution in [-0.4, -0.2) is 52.2 Å². The Kier molecular flexibility index (Phi) is 4.59. The lowest BCUT2D eigenvalue weighted by Gasteiger charge is -2.28. The van der Waals surface area contributed by atoms with Gasteiger partial charge >= 0.3 is 6.03 Å². The third-order valence-electron chi connectivity index (χ3n) is 6.83. The minimum atomic E-state index is 0.0773. The second-order valence-corrected chi connectivity index (χ2v) is 8.82. The summed E-state index contributed by atoms with van der Waals surface area (Å²) in [7, 11) is 0. The van der Waals surface area contributed by atoms with E-state index in [0.717, 1.165) is 64.1 Å². The second-order valence-electron chi connectivity index (χ2n) is 8.82. The molecule has 2 N–H and O–H groups in total. The van der Waals surface area contributed by atoms with Crippen molar-refractivity contribution in [3.05, 3.63) is 53.3 Å². The van der Waals surface area contributed by atoms with Gasteiger partial charge in [-0.2, -0.15) is 5.10 Å². The fraction of sp³-hybridized carbons (Fsp3) is 0.545. The molecule has 2 aliphatic heterocycles. The SMILES string of the molecule is O=C(NC1CCCc2cn[nH]c21)N1CCC2(CCN(Cc3ccccc3)C2)C1. The Labute approximate surface area is 166 Å². The highest BCUT2D eigenvalue weighted by Gasteiger charge is 2.44. The van der Waals surface area contributed by atoms with Crippen LogP contribution in [0.2, 0.25) is 0 Å². The number of aromatic amines is 1. The molecule has 1 spiro atoms. The number of nitrogens with zero attached hydrogens (tertiary/aromatic N) is 3. The third kappa shape index (κ3) is 3.41. The molecule has 2 atom stereocenters. The van der Waals surface area contributed by atoms with Crippen LogP contribution in [0.5, 0.6) is 0 Å². The molecule has 0 bridgehead atoms. The first-order valence-corrected chi connectivity index (χ1v) is 10.5. The van der Waals surface area contributed by atoms with Crippen molar-refractivity contribution in [1.29, 1.82) is 0 Å². The maximum atomic E-state index is 12.9. The Balaban J connectivity index is 1.18. The molecule has 3 heterocycles. The molecule has 2 fully saturated rings. The number of aryl methyl sites for hydroxylation is 1. The maximum absolute atomic E-state index is 12.9. The van der Waals surface area contributed by atoms with Gasteiger partial charge in [0.05, 0.1) is 17.9 Å². The maximum Gasteiger partial charge on any atom is 0.317 e. The summed E-state index contributed by atoms with van der Waals surface area (Å²) in [6.07, 6.45) is 7.37. The van der Waals surface area contributed by atoms with Crippen LogP contribution >= 0.6 is 0 Å². The van der Waals surface area contributed by atoms with Crippen LogP contribution in [0.4, 0.5) is 4.79 Å². The monoisotopic (exact) mass is 379 g/mol. The molecule has 3 aliphatic rings. The molecule has 2 amide bonds. The number of aromatic nitrogens is 2. The Morgan fingerprint density at radius 3 is 2.96 bits per heavy atom. The summed E-state index contributed by atoms with van der Waals surface area (Å²) in [5.74, 6) is 0. The first kappa shape index (κ1) is 17.7. The van der Waals surface area contributed by atoms with E-state index in [1.807, 2.05) is 11.1 Å². The molecule has 5 rings (SSSR count). The van der Waals surface area contributed by atoms with Crippen molar-refractivity contribution >= 4 is 6.03 Å². The number of hydrogen-bond donors (Lipinski definition) is 2. The molecule has 0 saturated carbocycles. The van der Waals surface area contributed by atoms with Gasteiger partial charge in [0.25, 0.3) is 0 Å². The van der Waals surface area contributed by atoms with Crippen molar-refractivity contribution in [3.63, 3.8) is 0 Å². The Morgan fingerprint density at radius 2 is 2.07 bits per heavy atom. The fourth-order valence-electron chi connectivity index (χ4n) is 5.29. The van der Waals surface area contributed by atoms with Gasteiger partial charge in [-0.15, -0.1) is 0 Å².